The van der Waals surface area contributed by atoms with E-state index in [1.54, 1.807) is 0 Å². The number of hydrogen-bond acceptors (Lipinski definition) is 3. The normalized spacial score (nSPS) is 27.9. The van der Waals surface area contributed by atoms with Crippen molar-refractivity contribution in [1.29, 1.82) is 0 Å². The fourth-order valence-corrected chi connectivity index (χ4v) is 2.59. The van der Waals surface area contributed by atoms with Crippen molar-refractivity contribution < 1.29 is 4.74 Å². The number of aryl methyl sites for hydroxylation is 1. The fourth-order valence-electron chi connectivity index (χ4n) is 2.59. The van der Waals surface area contributed by atoms with E-state index in [1.165, 1.54) is 17.5 Å². The van der Waals surface area contributed by atoms with E-state index < -0.39 is 0 Å². The van der Waals surface area contributed by atoms with Crippen LogP contribution in [0, 0.1) is 6.92 Å². The standard InChI is InChI=1S/C14H18N2O/c1-10-5-2-3-6-11(10)13-9-16-14(17-13)12-7-4-8-15-12/h2-3,5-6,12-13,15H,4,7-9H2,1H3. The lowest BCUT2D eigenvalue weighted by molar-refractivity contribution is 0.218. The minimum atomic E-state index is 0.119. The number of nitrogens with zero attached hydrogens (tertiary/aromatic N) is 1. The zero-order chi connectivity index (χ0) is 11.7. The van der Waals surface area contributed by atoms with Gasteiger partial charge in [-0.25, -0.2) is 4.99 Å². The van der Waals surface area contributed by atoms with Gasteiger partial charge in [0, 0.05) is 0 Å². The van der Waals surface area contributed by atoms with Gasteiger partial charge in [0.1, 0.15) is 6.10 Å². The number of rotatable bonds is 2. The second kappa shape index (κ2) is 4.49. The van der Waals surface area contributed by atoms with Crippen LogP contribution < -0.4 is 5.32 Å². The molecular formula is C14H18N2O. The minimum absolute atomic E-state index is 0.119. The smallest absolute Gasteiger partial charge is 0.201 e. The zero-order valence-corrected chi connectivity index (χ0v) is 10.1. The van der Waals surface area contributed by atoms with Gasteiger partial charge in [-0.2, -0.15) is 0 Å². The Kier molecular flexibility index (Phi) is 2.85. The van der Waals surface area contributed by atoms with Crippen molar-refractivity contribution in [3.63, 3.8) is 0 Å². The van der Waals surface area contributed by atoms with Crippen molar-refractivity contribution in [3.8, 4) is 0 Å². The largest absolute Gasteiger partial charge is 0.470 e. The maximum Gasteiger partial charge on any atom is 0.201 e. The van der Waals surface area contributed by atoms with Gasteiger partial charge in [0.05, 0.1) is 12.6 Å². The Hall–Kier alpha value is -1.35. The molecule has 2 unspecified atom stereocenters. The maximum absolute atomic E-state index is 6.00. The van der Waals surface area contributed by atoms with Crippen molar-refractivity contribution in [2.45, 2.75) is 31.9 Å². The molecule has 0 spiro atoms. The van der Waals surface area contributed by atoms with E-state index in [9.17, 15) is 0 Å². The Morgan fingerprint density at radius 2 is 2.24 bits per heavy atom. The molecule has 1 aromatic rings. The molecule has 0 aromatic heterocycles. The fraction of sp³-hybridized carbons (Fsp3) is 0.500. The summed E-state index contributed by atoms with van der Waals surface area (Å²) in [5.41, 5.74) is 2.55. The molecule has 1 N–H and O–H groups in total. The van der Waals surface area contributed by atoms with Gasteiger partial charge in [-0.15, -0.1) is 0 Å². The van der Waals surface area contributed by atoms with Crippen molar-refractivity contribution in [2.24, 2.45) is 4.99 Å². The maximum atomic E-state index is 6.00. The molecule has 2 aliphatic heterocycles. The highest BCUT2D eigenvalue weighted by Crippen LogP contribution is 2.27. The average Bonchev–Trinajstić information content (AvgIpc) is 3.00. The van der Waals surface area contributed by atoms with Crippen LogP contribution in [0.1, 0.15) is 30.1 Å². The molecule has 0 saturated carbocycles. The second-order valence-electron chi connectivity index (χ2n) is 4.79. The Labute approximate surface area is 102 Å². The Bertz CT molecular complexity index is 436. The molecule has 1 fully saturated rings. The summed E-state index contributed by atoms with van der Waals surface area (Å²) in [6.45, 7) is 3.98. The van der Waals surface area contributed by atoms with E-state index in [-0.39, 0.29) is 6.10 Å². The van der Waals surface area contributed by atoms with Gasteiger partial charge in [0.15, 0.2) is 0 Å². The van der Waals surface area contributed by atoms with Crippen LogP contribution in [0.25, 0.3) is 0 Å². The predicted molar refractivity (Wildman–Crippen MR) is 68.3 cm³/mol. The number of benzene rings is 1. The number of aliphatic imine (C=N–C) groups is 1. The number of nitrogens with one attached hydrogen (secondary N) is 1. The van der Waals surface area contributed by atoms with Crippen LogP contribution in [0.2, 0.25) is 0 Å². The first-order valence-corrected chi connectivity index (χ1v) is 6.34. The van der Waals surface area contributed by atoms with Crippen molar-refractivity contribution in [3.05, 3.63) is 35.4 Å². The summed E-state index contributed by atoms with van der Waals surface area (Å²) in [6.07, 6.45) is 2.50. The van der Waals surface area contributed by atoms with Crippen LogP contribution in [0.5, 0.6) is 0 Å². The van der Waals surface area contributed by atoms with Gasteiger partial charge < -0.3 is 10.1 Å². The van der Waals surface area contributed by atoms with Crippen molar-refractivity contribution in [1.82, 2.24) is 5.32 Å². The molecule has 3 nitrogen and oxygen atoms in total. The van der Waals surface area contributed by atoms with Crippen LogP contribution in [0.15, 0.2) is 29.3 Å². The average molecular weight is 230 g/mol. The quantitative estimate of drug-likeness (QED) is 0.845. The molecule has 0 aliphatic carbocycles. The summed E-state index contributed by atoms with van der Waals surface area (Å²) >= 11 is 0. The highest BCUT2D eigenvalue weighted by atomic mass is 16.5. The molecule has 0 radical (unpaired) electrons. The molecule has 2 atom stereocenters. The van der Waals surface area contributed by atoms with E-state index in [4.69, 9.17) is 4.74 Å². The van der Waals surface area contributed by atoms with Crippen molar-refractivity contribution in [2.75, 3.05) is 13.1 Å². The van der Waals surface area contributed by atoms with Crippen LogP contribution in [0.4, 0.5) is 0 Å². The van der Waals surface area contributed by atoms with E-state index in [2.05, 4.69) is 41.5 Å². The van der Waals surface area contributed by atoms with E-state index >= 15 is 0 Å². The Morgan fingerprint density at radius 1 is 1.35 bits per heavy atom. The lowest BCUT2D eigenvalue weighted by atomic mass is 10.0. The first kappa shape index (κ1) is 10.8. The molecule has 0 bridgehead atoms. The Balaban J connectivity index is 1.72. The highest BCUT2D eigenvalue weighted by molar-refractivity contribution is 5.83. The topological polar surface area (TPSA) is 33.6 Å². The lowest BCUT2D eigenvalue weighted by Crippen LogP contribution is -2.31. The van der Waals surface area contributed by atoms with Crippen LogP contribution >= 0.6 is 0 Å². The summed E-state index contributed by atoms with van der Waals surface area (Å²) in [5.74, 6) is 0.913. The third-order valence-corrected chi connectivity index (χ3v) is 3.57. The third kappa shape index (κ3) is 2.07. The van der Waals surface area contributed by atoms with Crippen LogP contribution in [0.3, 0.4) is 0 Å². The van der Waals surface area contributed by atoms with Gasteiger partial charge in [-0.05, 0) is 37.4 Å². The minimum Gasteiger partial charge on any atom is -0.470 e. The van der Waals surface area contributed by atoms with Crippen LogP contribution in [-0.2, 0) is 4.74 Å². The van der Waals surface area contributed by atoms with Gasteiger partial charge in [-0.3, -0.25) is 0 Å². The summed E-state index contributed by atoms with van der Waals surface area (Å²) < 4.78 is 6.00. The summed E-state index contributed by atoms with van der Waals surface area (Å²) in [6, 6.07) is 8.75. The first-order chi connectivity index (χ1) is 8.34. The van der Waals surface area contributed by atoms with Gasteiger partial charge >= 0.3 is 0 Å². The lowest BCUT2D eigenvalue weighted by Gasteiger charge is -2.16. The molecule has 17 heavy (non-hydrogen) atoms. The van der Waals surface area contributed by atoms with E-state index in [0.717, 1.165) is 25.4 Å². The molecule has 0 amide bonds. The molecule has 1 saturated heterocycles. The van der Waals surface area contributed by atoms with Crippen molar-refractivity contribution >= 4 is 5.90 Å². The molecular weight excluding hydrogens is 212 g/mol. The molecule has 90 valence electrons. The van der Waals surface area contributed by atoms with Gasteiger partial charge in [0.25, 0.3) is 0 Å². The zero-order valence-electron chi connectivity index (χ0n) is 10.1. The Morgan fingerprint density at radius 3 is 3.00 bits per heavy atom. The molecule has 2 heterocycles. The van der Waals surface area contributed by atoms with E-state index in [1.807, 2.05) is 0 Å². The van der Waals surface area contributed by atoms with Crippen LogP contribution in [-0.4, -0.2) is 25.0 Å². The molecule has 3 rings (SSSR count). The SMILES string of the molecule is Cc1ccccc1C1CN=C(C2CCCN2)O1. The highest BCUT2D eigenvalue weighted by Gasteiger charge is 2.29. The predicted octanol–water partition coefficient (Wildman–Crippen LogP) is 2.22. The van der Waals surface area contributed by atoms with Gasteiger partial charge in [-0.1, -0.05) is 24.3 Å². The molecule has 3 heteroatoms. The summed E-state index contributed by atoms with van der Waals surface area (Å²) in [4.78, 5) is 4.55. The summed E-state index contributed by atoms with van der Waals surface area (Å²) in [7, 11) is 0. The third-order valence-electron chi connectivity index (χ3n) is 3.57. The molecule has 2 aliphatic rings. The first-order valence-electron chi connectivity index (χ1n) is 6.34. The monoisotopic (exact) mass is 230 g/mol. The van der Waals surface area contributed by atoms with E-state index in [0.29, 0.717) is 6.04 Å². The number of hydrogen-bond donors (Lipinski definition) is 1. The van der Waals surface area contributed by atoms with Gasteiger partial charge in [0.2, 0.25) is 5.90 Å². The summed E-state index contributed by atoms with van der Waals surface area (Å²) in [5, 5.41) is 3.43. The number of ether oxygens (including phenoxy) is 1. The second-order valence-corrected chi connectivity index (χ2v) is 4.79. The molecule has 1 aromatic carbocycles.